The molecule has 10 heteroatoms. The summed E-state index contributed by atoms with van der Waals surface area (Å²) >= 11 is 0. The maximum absolute atomic E-state index is 12.2. The lowest BCUT2D eigenvalue weighted by atomic mass is 9.73. The molecule has 0 aromatic heterocycles. The first-order valence-corrected chi connectivity index (χ1v) is 14.3. The molecule has 1 heterocycles. The van der Waals surface area contributed by atoms with Crippen LogP contribution in [0.15, 0.2) is 35.9 Å². The molecule has 0 radical (unpaired) electrons. The Morgan fingerprint density at radius 1 is 1.32 bits per heavy atom. The number of rotatable bonds is 12. The van der Waals surface area contributed by atoms with Crippen LogP contribution in [0.5, 0.6) is 11.5 Å². The Hall–Kier alpha value is -2.40. The summed E-state index contributed by atoms with van der Waals surface area (Å²) in [5.41, 5.74) is 3.79. The SMILES string of the molecule is C=C(C)[C@@H]1CCC(C)=C[C@H]1c1c(O)cc(CCCCC)cc1OCNC1[C@@H]([C@@H](C)O)C(=O)N1S(=O)(=O)O. The number of benzene rings is 1. The largest absolute Gasteiger partial charge is 0.507 e. The number of aliphatic hydroxyl groups excluding tert-OH is 1. The van der Waals surface area contributed by atoms with Crippen molar-refractivity contribution in [1.29, 1.82) is 0 Å². The molecule has 1 fully saturated rings. The molecule has 5 atom stereocenters. The van der Waals surface area contributed by atoms with E-state index in [2.05, 4.69) is 31.8 Å². The van der Waals surface area contributed by atoms with Gasteiger partial charge in [0.1, 0.15) is 24.4 Å². The van der Waals surface area contributed by atoms with Crippen molar-refractivity contribution in [3.05, 3.63) is 47.1 Å². The van der Waals surface area contributed by atoms with Gasteiger partial charge >= 0.3 is 10.3 Å². The molecule has 1 amide bonds. The number of carbonyl (C=O) groups excluding carboxylic acids is 1. The molecule has 3 rings (SSSR count). The topological polar surface area (TPSA) is 136 Å². The number of ether oxygens (including phenoxy) is 1. The van der Waals surface area contributed by atoms with Gasteiger partial charge in [0.2, 0.25) is 5.91 Å². The van der Waals surface area contributed by atoms with E-state index in [0.29, 0.717) is 15.6 Å². The second kappa shape index (κ2) is 12.0. The summed E-state index contributed by atoms with van der Waals surface area (Å²) in [5.74, 6) is -1.37. The molecular formula is C27H40N2O7S. The van der Waals surface area contributed by atoms with Crippen LogP contribution in [0, 0.1) is 11.8 Å². The van der Waals surface area contributed by atoms with Gasteiger partial charge in [0.05, 0.1) is 12.0 Å². The number of β-lactam (4-membered cyclic amide) rings is 1. The standard InChI is InChI=1S/C27H40N2O7S/c1-6-7-8-9-19-13-22(31)25(21-12-17(4)10-11-20(21)16(2)3)23(14-19)36-15-28-26-24(18(5)30)27(32)29(26)37(33,34)35/h12-14,18,20-21,24,26,28,30-31H,2,6-11,15H2,1,3-5H3,(H,33,34,35)/t18-,20+,21-,24-,26?/m1/s1. The van der Waals surface area contributed by atoms with Gasteiger partial charge in [0, 0.05) is 11.5 Å². The molecule has 1 aromatic carbocycles. The zero-order valence-corrected chi connectivity index (χ0v) is 22.9. The summed E-state index contributed by atoms with van der Waals surface area (Å²) in [6, 6.07) is 3.69. The lowest BCUT2D eigenvalue weighted by molar-refractivity contribution is -0.156. The third-order valence-electron chi connectivity index (χ3n) is 7.35. The number of amides is 1. The van der Waals surface area contributed by atoms with Crippen LogP contribution in [-0.2, 0) is 21.5 Å². The normalized spacial score (nSPS) is 24.9. The molecule has 1 unspecified atom stereocenters. The zero-order valence-electron chi connectivity index (χ0n) is 22.1. The van der Waals surface area contributed by atoms with Crippen LogP contribution in [-0.4, -0.2) is 52.4 Å². The molecule has 0 bridgehead atoms. The summed E-state index contributed by atoms with van der Waals surface area (Å²) in [6.07, 6.45) is 5.57. The molecule has 2 aliphatic rings. The molecule has 0 saturated carbocycles. The van der Waals surface area contributed by atoms with Crippen LogP contribution < -0.4 is 10.1 Å². The highest BCUT2D eigenvalue weighted by atomic mass is 32.2. The Morgan fingerprint density at radius 2 is 2.03 bits per heavy atom. The van der Waals surface area contributed by atoms with Gasteiger partial charge in [-0.25, -0.2) is 0 Å². The van der Waals surface area contributed by atoms with Crippen molar-refractivity contribution in [3.63, 3.8) is 0 Å². The second-order valence-electron chi connectivity index (χ2n) is 10.3. The average molecular weight is 537 g/mol. The van der Waals surface area contributed by atoms with Crippen molar-refractivity contribution >= 4 is 16.2 Å². The summed E-state index contributed by atoms with van der Waals surface area (Å²) in [6.45, 7) is 11.5. The quantitative estimate of drug-likeness (QED) is 0.103. The van der Waals surface area contributed by atoms with Crippen molar-refractivity contribution in [2.45, 2.75) is 84.4 Å². The molecule has 206 valence electrons. The van der Waals surface area contributed by atoms with E-state index in [1.54, 1.807) is 6.07 Å². The molecule has 1 aliphatic heterocycles. The van der Waals surface area contributed by atoms with Crippen LogP contribution in [0.25, 0.3) is 0 Å². The number of unbranched alkanes of at least 4 members (excludes halogenated alkanes) is 2. The summed E-state index contributed by atoms with van der Waals surface area (Å²) < 4.78 is 39.2. The van der Waals surface area contributed by atoms with Gasteiger partial charge in [-0.15, -0.1) is 0 Å². The maximum Gasteiger partial charge on any atom is 0.363 e. The predicted octanol–water partition coefficient (Wildman–Crippen LogP) is 4.03. The van der Waals surface area contributed by atoms with Gasteiger partial charge in [-0.05, 0) is 70.1 Å². The summed E-state index contributed by atoms with van der Waals surface area (Å²) in [5, 5.41) is 23.9. The Morgan fingerprint density at radius 3 is 2.62 bits per heavy atom. The highest BCUT2D eigenvalue weighted by Gasteiger charge is 2.55. The van der Waals surface area contributed by atoms with Gasteiger partial charge in [0.15, 0.2) is 0 Å². The van der Waals surface area contributed by atoms with Crippen molar-refractivity contribution in [2.75, 3.05) is 6.73 Å². The summed E-state index contributed by atoms with van der Waals surface area (Å²) in [4.78, 5) is 12.2. The molecule has 37 heavy (non-hydrogen) atoms. The first-order valence-electron chi connectivity index (χ1n) is 12.9. The highest BCUT2D eigenvalue weighted by Crippen LogP contribution is 2.47. The second-order valence-corrected chi connectivity index (χ2v) is 11.6. The number of carbonyl (C=O) groups is 1. The van der Waals surface area contributed by atoms with Crippen LogP contribution in [0.1, 0.15) is 76.8 Å². The van der Waals surface area contributed by atoms with E-state index in [1.165, 1.54) is 12.5 Å². The van der Waals surface area contributed by atoms with E-state index in [1.807, 2.05) is 13.0 Å². The molecule has 1 aliphatic carbocycles. The Balaban J connectivity index is 1.91. The Kier molecular flexibility index (Phi) is 9.44. The van der Waals surface area contributed by atoms with Crippen molar-refractivity contribution in [2.24, 2.45) is 11.8 Å². The molecule has 1 saturated heterocycles. The summed E-state index contributed by atoms with van der Waals surface area (Å²) in [7, 11) is -4.80. The minimum atomic E-state index is -4.80. The van der Waals surface area contributed by atoms with Crippen molar-refractivity contribution in [1.82, 2.24) is 9.62 Å². The van der Waals surface area contributed by atoms with E-state index in [4.69, 9.17) is 4.74 Å². The predicted molar refractivity (Wildman–Crippen MR) is 141 cm³/mol. The lowest BCUT2D eigenvalue weighted by Crippen LogP contribution is -2.71. The third kappa shape index (κ3) is 6.54. The van der Waals surface area contributed by atoms with Gasteiger partial charge < -0.3 is 14.9 Å². The van der Waals surface area contributed by atoms with Gasteiger partial charge in [-0.2, -0.15) is 12.7 Å². The van der Waals surface area contributed by atoms with Gasteiger partial charge in [0.25, 0.3) is 0 Å². The van der Waals surface area contributed by atoms with Crippen LogP contribution in [0.2, 0.25) is 0 Å². The number of phenolic OH excluding ortho intramolecular Hbond substituents is 1. The highest BCUT2D eigenvalue weighted by molar-refractivity contribution is 7.84. The minimum absolute atomic E-state index is 0.120. The average Bonchev–Trinajstić information content (AvgIpc) is 2.76. The fourth-order valence-electron chi connectivity index (χ4n) is 5.38. The number of nitrogens with one attached hydrogen (secondary N) is 1. The molecule has 1 aromatic rings. The van der Waals surface area contributed by atoms with E-state index in [-0.39, 0.29) is 24.3 Å². The number of hydrogen-bond acceptors (Lipinski definition) is 7. The number of hydrogen-bond donors (Lipinski definition) is 4. The molecular weight excluding hydrogens is 496 g/mol. The molecule has 9 nitrogen and oxygen atoms in total. The minimum Gasteiger partial charge on any atom is -0.507 e. The first-order chi connectivity index (χ1) is 17.4. The third-order valence-corrected chi connectivity index (χ3v) is 8.25. The smallest absolute Gasteiger partial charge is 0.363 e. The number of aryl methyl sites for hydroxylation is 1. The van der Waals surface area contributed by atoms with Crippen LogP contribution in [0.3, 0.4) is 0 Å². The van der Waals surface area contributed by atoms with E-state index >= 15 is 0 Å². The number of allylic oxidation sites excluding steroid dienone is 3. The number of aromatic hydroxyl groups is 1. The molecule has 0 spiro atoms. The Labute approximate surface area is 220 Å². The number of phenols is 1. The number of nitrogens with zero attached hydrogens (tertiary/aromatic N) is 1. The van der Waals surface area contributed by atoms with Crippen molar-refractivity contribution in [3.8, 4) is 11.5 Å². The van der Waals surface area contributed by atoms with E-state index < -0.39 is 34.4 Å². The molecule has 4 N–H and O–H groups in total. The van der Waals surface area contributed by atoms with Gasteiger partial charge in [-0.1, -0.05) is 43.6 Å². The fourth-order valence-corrected chi connectivity index (χ4v) is 6.22. The maximum atomic E-state index is 12.2. The fraction of sp³-hybridized carbons (Fsp3) is 0.593. The van der Waals surface area contributed by atoms with Gasteiger partial charge in [-0.3, -0.25) is 14.7 Å². The monoisotopic (exact) mass is 536 g/mol. The Bertz CT molecular complexity index is 1150. The zero-order chi connectivity index (χ0) is 27.5. The van der Waals surface area contributed by atoms with Crippen molar-refractivity contribution < 1.29 is 32.7 Å². The van der Waals surface area contributed by atoms with Crippen LogP contribution >= 0.6 is 0 Å². The first kappa shape index (κ1) is 29.2. The van der Waals surface area contributed by atoms with E-state index in [9.17, 15) is 28.0 Å². The lowest BCUT2D eigenvalue weighted by Gasteiger charge is -2.45. The number of aliphatic hydroxyl groups is 1. The van der Waals surface area contributed by atoms with Crippen LogP contribution in [0.4, 0.5) is 0 Å². The van der Waals surface area contributed by atoms with E-state index in [0.717, 1.165) is 49.7 Å².